The molecular formula is C46H36BN5O4. The molecule has 9 nitrogen and oxygen atoms in total. The monoisotopic (exact) mass is 733 g/mol. The molecule has 56 heavy (non-hydrogen) atoms. The molecule has 0 amide bonds. The fourth-order valence-corrected chi connectivity index (χ4v) is 7.78. The number of rotatable bonds is 7. The maximum atomic E-state index is 11.0. The van der Waals surface area contributed by atoms with Gasteiger partial charge in [-0.3, -0.25) is 4.57 Å². The molecule has 4 N–H and O–H groups in total. The molecule has 0 saturated heterocycles. The summed E-state index contributed by atoms with van der Waals surface area (Å²) in [5.74, 6) is 0.686. The Morgan fingerprint density at radius 1 is 0.643 bits per heavy atom. The molecular weight excluding hydrogens is 697 g/mol. The maximum absolute atomic E-state index is 11.0. The standard InChI is InChI=1S/C46H36BN5O4/c1-27(53)42(55)39(43(56)38(54)26-47)29-15-12-16-30(25-29)45-48-44(28-13-4-2-5-14-28)49-46(50-45)52-36-22-11-9-20-34(36)40-37(52)24-23-33-32-19-8-10-21-35(32)51(41(33)40)31-17-6-3-7-18-31/h2-11,13-15,17-26,53-56H,12,16,47H2,1H3/b38-26-,42-27-,43-39+. The molecule has 0 bridgehead atoms. The second-order valence-corrected chi connectivity index (χ2v) is 13.7. The average Bonchev–Trinajstić information content (AvgIpc) is 3.77. The Labute approximate surface area is 322 Å². The van der Waals surface area contributed by atoms with Gasteiger partial charge in [0.15, 0.2) is 23.2 Å². The summed E-state index contributed by atoms with van der Waals surface area (Å²) >= 11 is 0. The van der Waals surface area contributed by atoms with Gasteiger partial charge in [0.1, 0.15) is 19.4 Å². The summed E-state index contributed by atoms with van der Waals surface area (Å²) in [5.41, 5.74) is 6.95. The summed E-state index contributed by atoms with van der Waals surface area (Å²) < 4.78 is 4.43. The lowest BCUT2D eigenvalue weighted by Gasteiger charge is -2.18. The highest BCUT2D eigenvalue weighted by atomic mass is 16.3. The van der Waals surface area contributed by atoms with E-state index < -0.39 is 23.0 Å². The molecule has 0 spiro atoms. The average molecular weight is 734 g/mol. The number of para-hydroxylation sites is 3. The van der Waals surface area contributed by atoms with E-state index in [1.807, 2.05) is 48.5 Å². The Balaban J connectivity index is 1.33. The topological polar surface area (TPSA) is 129 Å². The summed E-state index contributed by atoms with van der Waals surface area (Å²) in [6, 6.07) is 41.3. The molecule has 10 heteroatoms. The fourth-order valence-electron chi connectivity index (χ4n) is 7.78. The van der Waals surface area contributed by atoms with Crippen molar-refractivity contribution in [2.45, 2.75) is 19.8 Å². The van der Waals surface area contributed by atoms with Gasteiger partial charge in [-0.05, 0) is 67.3 Å². The Morgan fingerprint density at radius 3 is 2.00 bits per heavy atom. The number of aromatic nitrogens is 5. The number of nitrogens with zero attached hydrogens (tertiary/aromatic N) is 5. The number of hydrogen-bond donors (Lipinski definition) is 4. The molecule has 0 aliphatic heterocycles. The highest BCUT2D eigenvalue weighted by Crippen LogP contribution is 2.42. The van der Waals surface area contributed by atoms with Crippen LogP contribution in [0.4, 0.5) is 0 Å². The van der Waals surface area contributed by atoms with Crippen LogP contribution in [0.1, 0.15) is 25.6 Å². The van der Waals surface area contributed by atoms with Gasteiger partial charge in [0, 0.05) is 32.8 Å². The van der Waals surface area contributed by atoms with Crippen LogP contribution in [-0.4, -0.2) is 52.4 Å². The van der Waals surface area contributed by atoms with Gasteiger partial charge in [-0.15, -0.1) is 0 Å². The molecule has 0 fully saturated rings. The Hall–Kier alpha value is -7.33. The third-order valence-electron chi connectivity index (χ3n) is 10.4. The first-order valence-electron chi connectivity index (χ1n) is 18.5. The highest BCUT2D eigenvalue weighted by Gasteiger charge is 2.25. The molecule has 0 radical (unpaired) electrons. The van der Waals surface area contributed by atoms with E-state index in [0.717, 1.165) is 60.4 Å². The highest BCUT2D eigenvalue weighted by molar-refractivity contribution is 6.26. The first-order chi connectivity index (χ1) is 27.3. The van der Waals surface area contributed by atoms with Crippen LogP contribution in [0, 0.1) is 0 Å². The zero-order chi connectivity index (χ0) is 38.5. The van der Waals surface area contributed by atoms with Crippen molar-refractivity contribution >= 4 is 57.0 Å². The van der Waals surface area contributed by atoms with E-state index in [0.29, 0.717) is 36.0 Å². The van der Waals surface area contributed by atoms with E-state index in [4.69, 9.17) is 15.0 Å². The van der Waals surface area contributed by atoms with Gasteiger partial charge in [-0.1, -0.05) is 103 Å². The minimum absolute atomic E-state index is 0.101. The van der Waals surface area contributed by atoms with Gasteiger partial charge in [0.2, 0.25) is 5.95 Å². The van der Waals surface area contributed by atoms with E-state index >= 15 is 0 Å². The van der Waals surface area contributed by atoms with Crippen molar-refractivity contribution in [2.75, 3.05) is 0 Å². The summed E-state index contributed by atoms with van der Waals surface area (Å²) in [5, 5.41) is 47.1. The lowest BCUT2D eigenvalue weighted by atomic mass is 9.91. The van der Waals surface area contributed by atoms with Crippen LogP contribution in [-0.2, 0) is 0 Å². The summed E-state index contributed by atoms with van der Waals surface area (Å²) in [7, 11) is 1.56. The van der Waals surface area contributed by atoms with Crippen molar-refractivity contribution in [1.82, 2.24) is 24.1 Å². The van der Waals surface area contributed by atoms with Crippen LogP contribution in [0.25, 0.3) is 72.2 Å². The lowest BCUT2D eigenvalue weighted by molar-refractivity contribution is 0.306. The third-order valence-corrected chi connectivity index (χ3v) is 10.4. The maximum Gasteiger partial charge on any atom is 0.238 e. The fraction of sp³-hybridized carbons (Fsp3) is 0.0652. The number of aliphatic hydroxyl groups is 4. The number of hydrogen-bond acceptors (Lipinski definition) is 7. The van der Waals surface area contributed by atoms with Gasteiger partial charge < -0.3 is 25.0 Å². The molecule has 9 rings (SSSR count). The first-order valence-corrected chi connectivity index (χ1v) is 18.5. The van der Waals surface area contributed by atoms with Crippen molar-refractivity contribution in [1.29, 1.82) is 0 Å². The molecule has 8 aromatic rings. The zero-order valence-electron chi connectivity index (χ0n) is 30.7. The second-order valence-electron chi connectivity index (χ2n) is 13.7. The van der Waals surface area contributed by atoms with Crippen LogP contribution in [0.15, 0.2) is 174 Å². The van der Waals surface area contributed by atoms with Crippen LogP contribution < -0.4 is 0 Å². The molecule has 5 aromatic carbocycles. The number of fused-ring (bicyclic) bond motifs is 7. The van der Waals surface area contributed by atoms with E-state index in [9.17, 15) is 20.4 Å². The largest absolute Gasteiger partial charge is 0.509 e. The number of benzene rings is 5. The van der Waals surface area contributed by atoms with Gasteiger partial charge in [0.25, 0.3) is 0 Å². The van der Waals surface area contributed by atoms with Gasteiger partial charge in [-0.25, -0.2) is 4.98 Å². The first kappa shape index (κ1) is 34.4. The molecule has 3 aromatic heterocycles. The van der Waals surface area contributed by atoms with E-state index in [-0.39, 0.29) is 5.57 Å². The predicted octanol–water partition coefficient (Wildman–Crippen LogP) is 10.0. The Bertz CT molecular complexity index is 3020. The minimum Gasteiger partial charge on any atom is -0.509 e. The Kier molecular flexibility index (Phi) is 8.50. The van der Waals surface area contributed by atoms with Crippen LogP contribution in [0.2, 0.25) is 0 Å². The number of allylic oxidation sites excluding steroid dienone is 5. The summed E-state index contributed by atoms with van der Waals surface area (Å²) in [6.45, 7) is 1.31. The van der Waals surface area contributed by atoms with Crippen molar-refractivity contribution < 1.29 is 20.4 Å². The molecule has 0 unspecified atom stereocenters. The quantitative estimate of drug-likeness (QED) is 0.0729. The van der Waals surface area contributed by atoms with Gasteiger partial charge in [-0.2, -0.15) is 9.97 Å². The summed E-state index contributed by atoms with van der Waals surface area (Å²) in [6.07, 6.45) is 4.68. The van der Waals surface area contributed by atoms with Crippen LogP contribution in [0.3, 0.4) is 0 Å². The van der Waals surface area contributed by atoms with E-state index in [2.05, 4.69) is 88.0 Å². The zero-order valence-corrected chi connectivity index (χ0v) is 30.7. The molecule has 0 saturated carbocycles. The van der Waals surface area contributed by atoms with Crippen molar-refractivity contribution in [2.24, 2.45) is 0 Å². The normalized spacial score (nSPS) is 14.6. The molecule has 272 valence electrons. The molecule has 3 heterocycles. The molecule has 1 aliphatic rings. The number of aliphatic hydroxyl groups excluding tert-OH is 4. The minimum atomic E-state index is -0.562. The third kappa shape index (κ3) is 5.62. The Morgan fingerprint density at radius 2 is 1.29 bits per heavy atom. The molecule has 0 atom stereocenters. The van der Waals surface area contributed by atoms with Crippen molar-refractivity contribution in [3.8, 4) is 23.0 Å². The van der Waals surface area contributed by atoms with Crippen molar-refractivity contribution in [3.63, 3.8) is 0 Å². The second kappa shape index (κ2) is 13.8. The van der Waals surface area contributed by atoms with E-state index in [1.54, 1.807) is 13.9 Å². The summed E-state index contributed by atoms with van der Waals surface area (Å²) in [4.78, 5) is 15.3. The van der Waals surface area contributed by atoms with Crippen LogP contribution >= 0.6 is 0 Å². The van der Waals surface area contributed by atoms with E-state index in [1.165, 1.54) is 12.9 Å². The SMILES string of the molecule is B/C=C(O)/C(O)=C(C1=CCCC(c2nc(-c3ccccc3)nc(-n3c4ccccc4c4c3ccc3c5ccccc5n(-c5ccccc5)c34)n2)=C1)\C(O)=C(/C)O. The molecule has 1 aliphatic carbocycles. The lowest BCUT2D eigenvalue weighted by Crippen LogP contribution is -2.10. The predicted molar refractivity (Wildman–Crippen MR) is 226 cm³/mol. The smallest absolute Gasteiger partial charge is 0.238 e. The van der Waals surface area contributed by atoms with Crippen LogP contribution in [0.5, 0.6) is 0 Å². The van der Waals surface area contributed by atoms with Gasteiger partial charge in [0.05, 0.1) is 27.6 Å². The van der Waals surface area contributed by atoms with Gasteiger partial charge >= 0.3 is 0 Å². The van der Waals surface area contributed by atoms with Crippen molar-refractivity contribution in [3.05, 3.63) is 179 Å².